The van der Waals surface area contributed by atoms with Gasteiger partial charge in [-0.3, -0.25) is 14.4 Å². The highest BCUT2D eigenvalue weighted by Gasteiger charge is 2.65. The van der Waals surface area contributed by atoms with E-state index in [1.165, 1.54) is 5.57 Å². The lowest BCUT2D eigenvalue weighted by Crippen LogP contribution is -2.46. The van der Waals surface area contributed by atoms with Crippen LogP contribution >= 0.6 is 0 Å². The number of carboxylic acid groups (broad SMARTS) is 1. The zero-order chi connectivity index (χ0) is 19.2. The van der Waals surface area contributed by atoms with Gasteiger partial charge in [-0.1, -0.05) is 37.1 Å². The summed E-state index contributed by atoms with van der Waals surface area (Å²) in [4.78, 5) is 37.4. The average Bonchev–Trinajstić information content (AvgIpc) is 3.06. The van der Waals surface area contributed by atoms with Gasteiger partial charge >= 0.3 is 5.97 Å². The summed E-state index contributed by atoms with van der Waals surface area (Å²) in [7, 11) is 0. The van der Waals surface area contributed by atoms with Crippen molar-refractivity contribution in [3.05, 3.63) is 34.4 Å². The first-order valence-corrected chi connectivity index (χ1v) is 10.2. The quantitative estimate of drug-likeness (QED) is 0.707. The molecular formula is C23H26O4. The van der Waals surface area contributed by atoms with Crippen LogP contribution in [0.15, 0.2) is 34.4 Å². The van der Waals surface area contributed by atoms with Gasteiger partial charge in [0.05, 0.1) is 5.41 Å². The Hall–Kier alpha value is -1.97. The molecule has 2 fully saturated rings. The first-order chi connectivity index (χ1) is 12.7. The molecule has 27 heavy (non-hydrogen) atoms. The molecule has 0 aromatic carbocycles. The number of hydrogen-bond donors (Lipinski definition) is 1. The van der Waals surface area contributed by atoms with Crippen molar-refractivity contribution < 1.29 is 19.5 Å². The van der Waals surface area contributed by atoms with Gasteiger partial charge in [-0.2, -0.15) is 0 Å². The fraction of sp³-hybridized carbons (Fsp3) is 0.609. The van der Waals surface area contributed by atoms with Crippen LogP contribution in [0.2, 0.25) is 0 Å². The number of carbonyl (C=O) groups excluding carboxylic acids is 2. The van der Waals surface area contributed by atoms with Gasteiger partial charge in [-0.05, 0) is 48.7 Å². The molecule has 0 bridgehead atoms. The summed E-state index contributed by atoms with van der Waals surface area (Å²) in [6.45, 7) is 4.40. The molecule has 2 unspecified atom stereocenters. The van der Waals surface area contributed by atoms with Crippen molar-refractivity contribution in [2.24, 2.45) is 22.2 Å². The van der Waals surface area contributed by atoms with Crippen LogP contribution in [0.3, 0.4) is 0 Å². The fourth-order valence-corrected chi connectivity index (χ4v) is 6.97. The average molecular weight is 366 g/mol. The summed E-state index contributed by atoms with van der Waals surface area (Å²) < 4.78 is 0. The van der Waals surface area contributed by atoms with Gasteiger partial charge in [0.1, 0.15) is 17.5 Å². The minimum atomic E-state index is -0.868. The van der Waals surface area contributed by atoms with Crippen molar-refractivity contribution in [1.29, 1.82) is 0 Å². The molecule has 0 amide bonds. The maximum atomic E-state index is 13.1. The molecule has 4 heteroatoms. The minimum Gasteiger partial charge on any atom is -0.481 e. The molecule has 2 saturated carbocycles. The molecule has 0 aromatic heterocycles. The maximum Gasteiger partial charge on any atom is 0.314 e. The summed E-state index contributed by atoms with van der Waals surface area (Å²) >= 11 is 0. The van der Waals surface area contributed by atoms with Crippen LogP contribution in [0.5, 0.6) is 0 Å². The monoisotopic (exact) mass is 366 g/mol. The summed E-state index contributed by atoms with van der Waals surface area (Å²) in [5.74, 6) is -1.08. The third-order valence-corrected chi connectivity index (χ3v) is 8.60. The van der Waals surface area contributed by atoms with Crippen molar-refractivity contribution in [2.75, 3.05) is 0 Å². The van der Waals surface area contributed by atoms with Crippen molar-refractivity contribution >= 4 is 17.5 Å². The molecule has 5 aliphatic carbocycles. The molecule has 4 nitrogen and oxygen atoms in total. The predicted molar refractivity (Wildman–Crippen MR) is 99.9 cm³/mol. The van der Waals surface area contributed by atoms with E-state index in [2.05, 4.69) is 19.9 Å². The van der Waals surface area contributed by atoms with E-state index >= 15 is 0 Å². The molecule has 0 heterocycles. The highest BCUT2D eigenvalue weighted by atomic mass is 16.4. The fourth-order valence-electron chi connectivity index (χ4n) is 6.97. The molecule has 1 N–H and O–H groups in total. The highest BCUT2D eigenvalue weighted by Crippen LogP contribution is 2.70. The van der Waals surface area contributed by atoms with Crippen molar-refractivity contribution in [3.8, 4) is 0 Å². The van der Waals surface area contributed by atoms with E-state index in [-0.39, 0.29) is 16.6 Å². The van der Waals surface area contributed by atoms with Crippen LogP contribution in [0.4, 0.5) is 0 Å². The van der Waals surface area contributed by atoms with E-state index in [1.54, 1.807) is 0 Å². The largest absolute Gasteiger partial charge is 0.481 e. The third kappa shape index (κ3) is 1.87. The summed E-state index contributed by atoms with van der Waals surface area (Å²) in [6.07, 6.45) is 9.67. The Bertz CT molecular complexity index is 903. The van der Waals surface area contributed by atoms with Gasteiger partial charge in [0.2, 0.25) is 0 Å². The number of allylic oxidation sites excluding steroid dienone is 4. The van der Waals surface area contributed by atoms with E-state index < -0.39 is 17.3 Å². The molecule has 1 spiro atoms. The Kier molecular flexibility index (Phi) is 3.23. The Morgan fingerprint density at radius 3 is 2.63 bits per heavy atom. The Morgan fingerprint density at radius 1 is 1.11 bits per heavy atom. The molecule has 5 rings (SSSR count). The van der Waals surface area contributed by atoms with Crippen molar-refractivity contribution in [2.45, 2.75) is 65.2 Å². The van der Waals surface area contributed by atoms with Gasteiger partial charge < -0.3 is 5.11 Å². The van der Waals surface area contributed by atoms with Crippen molar-refractivity contribution in [3.63, 3.8) is 0 Å². The van der Waals surface area contributed by atoms with Crippen LogP contribution in [0.1, 0.15) is 65.2 Å². The number of Topliss-reactive ketones (excluding diaryl/α,β-unsaturated/α-hetero) is 2. The van der Waals surface area contributed by atoms with E-state index in [0.717, 1.165) is 48.8 Å². The summed E-state index contributed by atoms with van der Waals surface area (Å²) in [5.41, 5.74) is 3.35. The Labute approximate surface area is 159 Å². The summed E-state index contributed by atoms with van der Waals surface area (Å²) in [5, 5.41) is 10.0. The van der Waals surface area contributed by atoms with Gasteiger partial charge in [0.15, 0.2) is 0 Å². The van der Waals surface area contributed by atoms with Crippen LogP contribution in [-0.2, 0) is 14.4 Å². The highest BCUT2D eigenvalue weighted by molar-refractivity contribution is 5.95. The lowest BCUT2D eigenvalue weighted by Gasteiger charge is -2.51. The first kappa shape index (κ1) is 17.2. The number of fused-ring (bicyclic) bond motifs is 3. The molecule has 5 aliphatic rings. The van der Waals surface area contributed by atoms with Crippen LogP contribution < -0.4 is 0 Å². The zero-order valence-corrected chi connectivity index (χ0v) is 16.1. The number of rotatable bonds is 1. The van der Waals surface area contributed by atoms with Gasteiger partial charge in [0.25, 0.3) is 0 Å². The van der Waals surface area contributed by atoms with Crippen LogP contribution in [0, 0.1) is 22.2 Å². The first-order valence-electron chi connectivity index (χ1n) is 10.2. The second-order valence-corrected chi connectivity index (χ2v) is 9.66. The minimum absolute atomic E-state index is 0.0611. The third-order valence-electron chi connectivity index (χ3n) is 8.60. The van der Waals surface area contributed by atoms with Gasteiger partial charge in [-0.15, -0.1) is 0 Å². The van der Waals surface area contributed by atoms with E-state index in [4.69, 9.17) is 0 Å². The van der Waals surface area contributed by atoms with Crippen LogP contribution in [0.25, 0.3) is 0 Å². The van der Waals surface area contributed by atoms with E-state index in [1.807, 2.05) is 6.08 Å². The molecule has 0 aromatic rings. The lowest BCUT2D eigenvalue weighted by molar-refractivity contribution is -0.139. The van der Waals surface area contributed by atoms with Crippen molar-refractivity contribution in [1.82, 2.24) is 0 Å². The predicted octanol–water partition coefficient (Wildman–Crippen LogP) is 4.16. The van der Waals surface area contributed by atoms with E-state index in [9.17, 15) is 19.5 Å². The number of ketones is 2. The second kappa shape index (κ2) is 5.09. The topological polar surface area (TPSA) is 71.4 Å². The number of hydrogen-bond acceptors (Lipinski definition) is 3. The smallest absolute Gasteiger partial charge is 0.314 e. The molecular weight excluding hydrogens is 340 g/mol. The number of carboxylic acids is 1. The molecule has 0 aliphatic heterocycles. The number of aliphatic carboxylic acids is 1. The molecule has 142 valence electrons. The van der Waals surface area contributed by atoms with Gasteiger partial charge in [-0.25, -0.2) is 0 Å². The Balaban J connectivity index is 1.72. The second-order valence-electron chi connectivity index (χ2n) is 9.66. The standard InChI is InChI=1S/C23H26O4/c1-21-7-4-17-19-15(20(26)27)12-13-11-14(24)3-9-22(13,2)16(19)5-10-23(17,21)18(25)6-8-21/h4,12,15H,3,5-11H2,1-2H3,(H,26,27)/t15-,21+,22?,23?/m1/s1. The SMILES string of the molecule is CC12CCC(=O)CC1=C[C@@H](C(=O)O)C1=C2CCC23C(=O)CC[C@]2(C)CC=C13. The molecule has 0 radical (unpaired) electrons. The lowest BCUT2D eigenvalue weighted by atomic mass is 9.51. The maximum absolute atomic E-state index is 13.1. The van der Waals surface area contributed by atoms with Crippen LogP contribution in [-0.4, -0.2) is 22.6 Å². The molecule has 0 saturated heterocycles. The normalized spacial score (nSPS) is 42.8. The van der Waals surface area contributed by atoms with E-state index in [0.29, 0.717) is 25.0 Å². The molecule has 4 atom stereocenters. The zero-order valence-electron chi connectivity index (χ0n) is 16.1. The number of carbonyl (C=O) groups is 3. The van der Waals surface area contributed by atoms with Gasteiger partial charge in [0, 0.05) is 24.7 Å². The Morgan fingerprint density at radius 2 is 1.89 bits per heavy atom. The summed E-state index contributed by atoms with van der Waals surface area (Å²) in [6, 6.07) is 0.